The van der Waals surface area contributed by atoms with Crippen molar-refractivity contribution in [2.24, 2.45) is 0 Å². The molecule has 0 spiro atoms. The molecule has 0 saturated heterocycles. The Morgan fingerprint density at radius 2 is 1.77 bits per heavy atom. The van der Waals surface area contributed by atoms with Gasteiger partial charge in [0.2, 0.25) is 11.8 Å². The topological polar surface area (TPSA) is 78.1 Å². The second kappa shape index (κ2) is 7.70. The third kappa shape index (κ3) is 5.76. The molecule has 2 amide bonds. The highest BCUT2D eigenvalue weighted by molar-refractivity contribution is 7.97. The summed E-state index contributed by atoms with van der Waals surface area (Å²) in [7, 11) is 0. The maximum absolute atomic E-state index is 12.8. The molecule has 1 heterocycles. The molecule has 7 heteroatoms. The number of H-pyrrole nitrogens is 1. The van der Waals surface area contributed by atoms with Crippen molar-refractivity contribution in [1.82, 2.24) is 19.6 Å². The van der Waals surface area contributed by atoms with Gasteiger partial charge in [-0.1, -0.05) is 12.1 Å². The number of rotatable bonds is 5. The fourth-order valence-corrected chi connectivity index (χ4v) is 3.36. The van der Waals surface area contributed by atoms with E-state index in [2.05, 4.69) is 15.3 Å². The molecule has 2 rings (SSSR count). The molecule has 0 aliphatic rings. The zero-order valence-electron chi connectivity index (χ0n) is 16.3. The van der Waals surface area contributed by atoms with Crippen LogP contribution >= 0.6 is 11.9 Å². The average molecular weight is 377 g/mol. The zero-order chi connectivity index (χ0) is 19.5. The fraction of sp³-hybridized carbons (Fsp3) is 0.526. The number of fused-ring (bicyclic) bond motifs is 1. The molecule has 0 radical (unpaired) electrons. The van der Waals surface area contributed by atoms with Crippen LogP contribution in [0.3, 0.4) is 0 Å². The Bertz CT molecular complexity index is 754. The highest BCUT2D eigenvalue weighted by Crippen LogP contribution is 2.30. The third-order valence-corrected chi connectivity index (χ3v) is 4.76. The molecule has 0 bridgehead atoms. The number of hydrogen-bond acceptors (Lipinski definition) is 4. The fourth-order valence-electron chi connectivity index (χ4n) is 2.42. The molecular weight excluding hydrogens is 348 g/mol. The summed E-state index contributed by atoms with van der Waals surface area (Å²) in [6, 6.07) is 7.75. The lowest BCUT2D eigenvalue weighted by Crippen LogP contribution is -2.43. The van der Waals surface area contributed by atoms with Crippen molar-refractivity contribution >= 4 is 34.8 Å². The number of nitrogens with zero attached hydrogens (tertiary/aromatic N) is 2. The summed E-state index contributed by atoms with van der Waals surface area (Å²) >= 11 is 1.28. The van der Waals surface area contributed by atoms with Crippen LogP contribution < -0.4 is 5.32 Å². The van der Waals surface area contributed by atoms with E-state index in [0.717, 1.165) is 11.0 Å². The van der Waals surface area contributed by atoms with Crippen molar-refractivity contribution < 1.29 is 9.59 Å². The molecular formula is C19H28N4O2S. The van der Waals surface area contributed by atoms with Gasteiger partial charge in [0.25, 0.3) is 0 Å². The molecule has 2 N–H and O–H groups in total. The molecule has 0 aliphatic carbocycles. The van der Waals surface area contributed by atoms with Crippen molar-refractivity contribution in [3.05, 3.63) is 24.3 Å². The van der Waals surface area contributed by atoms with Crippen molar-refractivity contribution in [3.8, 4) is 0 Å². The lowest BCUT2D eigenvalue weighted by Gasteiger charge is -2.33. The highest BCUT2D eigenvalue weighted by atomic mass is 32.2. The lowest BCUT2D eigenvalue weighted by molar-refractivity contribution is -0.132. The van der Waals surface area contributed by atoms with E-state index < -0.39 is 5.54 Å². The largest absolute Gasteiger partial charge is 0.351 e. The van der Waals surface area contributed by atoms with Crippen LogP contribution in [0.2, 0.25) is 0 Å². The Balaban J connectivity index is 2.07. The van der Waals surface area contributed by atoms with Crippen molar-refractivity contribution in [2.75, 3.05) is 0 Å². The van der Waals surface area contributed by atoms with Crippen LogP contribution in [-0.4, -0.2) is 37.2 Å². The number of aromatic nitrogens is 2. The number of carbonyl (C=O) groups excluding carboxylic acids is 2. The molecule has 6 nitrogen and oxygen atoms in total. The van der Waals surface area contributed by atoms with E-state index in [9.17, 15) is 9.59 Å². The number of aromatic amines is 1. The molecule has 26 heavy (non-hydrogen) atoms. The molecule has 0 atom stereocenters. The van der Waals surface area contributed by atoms with Gasteiger partial charge in [-0.25, -0.2) is 4.98 Å². The molecule has 2 aromatic rings. The van der Waals surface area contributed by atoms with E-state index >= 15 is 0 Å². The number of amides is 2. The number of hydrogen-bond donors (Lipinski definition) is 2. The number of carbonyl (C=O) groups is 2. The third-order valence-electron chi connectivity index (χ3n) is 3.46. The first-order valence-corrected chi connectivity index (χ1v) is 9.50. The Labute approximate surface area is 159 Å². The molecule has 1 aromatic carbocycles. The molecule has 0 unspecified atom stereocenters. The standard InChI is InChI=1S/C19H28N4O2S/c1-18(2,3)22-15(24)11-12-16(25)23(19(4,5)6)26-17-20-13-9-7-8-10-14(13)21-17/h7-10H,11-12H2,1-6H3,(H,20,21)(H,22,24). The Kier molecular flexibility index (Phi) is 6.01. The van der Waals surface area contributed by atoms with E-state index in [-0.39, 0.29) is 30.2 Å². The minimum absolute atomic E-state index is 0.0907. The Morgan fingerprint density at radius 3 is 2.35 bits per heavy atom. The van der Waals surface area contributed by atoms with Crippen LogP contribution in [-0.2, 0) is 9.59 Å². The first-order valence-electron chi connectivity index (χ1n) is 8.72. The summed E-state index contributed by atoms with van der Waals surface area (Å²) in [6.07, 6.45) is 0.329. The van der Waals surface area contributed by atoms with Gasteiger partial charge in [-0.2, -0.15) is 0 Å². The van der Waals surface area contributed by atoms with Crippen LogP contribution in [0, 0.1) is 0 Å². The molecule has 0 fully saturated rings. The van der Waals surface area contributed by atoms with Crippen molar-refractivity contribution in [3.63, 3.8) is 0 Å². The van der Waals surface area contributed by atoms with Gasteiger partial charge in [-0.15, -0.1) is 0 Å². The van der Waals surface area contributed by atoms with E-state index in [1.165, 1.54) is 11.9 Å². The van der Waals surface area contributed by atoms with Crippen molar-refractivity contribution in [2.45, 2.75) is 70.6 Å². The van der Waals surface area contributed by atoms with E-state index in [1.54, 1.807) is 4.31 Å². The zero-order valence-corrected chi connectivity index (χ0v) is 17.2. The van der Waals surface area contributed by atoms with Crippen molar-refractivity contribution in [1.29, 1.82) is 0 Å². The predicted octanol–water partition coefficient (Wildman–Crippen LogP) is 3.89. The first kappa shape index (κ1) is 20.3. The SMILES string of the molecule is CC(C)(C)NC(=O)CCC(=O)N(Sc1nc2ccccc2[nH]1)C(C)(C)C. The minimum atomic E-state index is -0.402. The van der Waals surface area contributed by atoms with Gasteiger partial charge in [0, 0.05) is 35.9 Å². The molecule has 1 aromatic heterocycles. The summed E-state index contributed by atoms with van der Waals surface area (Å²) in [5.41, 5.74) is 1.09. The predicted molar refractivity (Wildman–Crippen MR) is 106 cm³/mol. The number of nitrogens with one attached hydrogen (secondary N) is 2. The Morgan fingerprint density at radius 1 is 1.12 bits per heavy atom. The van der Waals surface area contributed by atoms with Crippen LogP contribution in [0.1, 0.15) is 54.4 Å². The maximum Gasteiger partial charge on any atom is 0.233 e. The number of imidazole rings is 1. The van der Waals surface area contributed by atoms with Gasteiger partial charge < -0.3 is 10.3 Å². The van der Waals surface area contributed by atoms with Gasteiger partial charge in [0.15, 0.2) is 5.16 Å². The summed E-state index contributed by atoms with van der Waals surface area (Å²) in [5.74, 6) is -0.208. The molecule has 0 saturated carbocycles. The molecule has 0 aliphatic heterocycles. The highest BCUT2D eigenvalue weighted by Gasteiger charge is 2.29. The van der Waals surface area contributed by atoms with Gasteiger partial charge in [-0.3, -0.25) is 13.9 Å². The van der Waals surface area contributed by atoms with Gasteiger partial charge in [-0.05, 0) is 53.7 Å². The van der Waals surface area contributed by atoms with Crippen LogP contribution in [0.15, 0.2) is 29.4 Å². The lowest BCUT2D eigenvalue weighted by atomic mass is 10.1. The van der Waals surface area contributed by atoms with E-state index in [1.807, 2.05) is 65.8 Å². The average Bonchev–Trinajstić information content (AvgIpc) is 2.90. The molecule has 142 valence electrons. The van der Waals surface area contributed by atoms with Gasteiger partial charge >= 0.3 is 0 Å². The monoisotopic (exact) mass is 376 g/mol. The second-order valence-electron chi connectivity index (χ2n) is 8.31. The van der Waals surface area contributed by atoms with E-state index in [4.69, 9.17) is 0 Å². The normalized spacial score (nSPS) is 12.2. The quantitative estimate of drug-likeness (QED) is 0.776. The Hall–Kier alpha value is -2.02. The van der Waals surface area contributed by atoms with Gasteiger partial charge in [0.1, 0.15) is 0 Å². The minimum Gasteiger partial charge on any atom is -0.351 e. The summed E-state index contributed by atoms with van der Waals surface area (Å²) in [4.78, 5) is 32.5. The number of benzene rings is 1. The van der Waals surface area contributed by atoms with Crippen LogP contribution in [0.5, 0.6) is 0 Å². The summed E-state index contributed by atoms with van der Waals surface area (Å²) < 4.78 is 1.69. The smallest absolute Gasteiger partial charge is 0.233 e. The first-order chi connectivity index (χ1) is 12.0. The summed E-state index contributed by atoms with van der Waals surface area (Å²) in [6.45, 7) is 11.7. The van der Waals surface area contributed by atoms with Crippen LogP contribution in [0.4, 0.5) is 0 Å². The van der Waals surface area contributed by atoms with Crippen LogP contribution in [0.25, 0.3) is 11.0 Å². The summed E-state index contributed by atoms with van der Waals surface area (Å²) in [5, 5.41) is 3.55. The maximum atomic E-state index is 12.8. The second-order valence-corrected chi connectivity index (χ2v) is 9.24. The number of para-hydroxylation sites is 2. The van der Waals surface area contributed by atoms with E-state index in [0.29, 0.717) is 5.16 Å². The van der Waals surface area contributed by atoms with Gasteiger partial charge in [0.05, 0.1) is 11.0 Å².